The van der Waals surface area contributed by atoms with Gasteiger partial charge in [-0.05, 0) is 32.1 Å². The lowest BCUT2D eigenvalue weighted by Crippen LogP contribution is -2.47. The van der Waals surface area contributed by atoms with Crippen LogP contribution in [0.15, 0.2) is 12.2 Å². The summed E-state index contributed by atoms with van der Waals surface area (Å²) in [6.45, 7) is 5.92. The van der Waals surface area contributed by atoms with Crippen LogP contribution >= 0.6 is 0 Å². The van der Waals surface area contributed by atoms with Gasteiger partial charge in [0.2, 0.25) is 0 Å². The van der Waals surface area contributed by atoms with Crippen molar-refractivity contribution in [2.45, 2.75) is 50.7 Å². The van der Waals surface area contributed by atoms with Gasteiger partial charge in [0, 0.05) is 12.8 Å². The molecule has 1 saturated heterocycles. The molecule has 15 heavy (non-hydrogen) atoms. The lowest BCUT2D eigenvalue weighted by molar-refractivity contribution is -0.165. The van der Waals surface area contributed by atoms with Crippen LogP contribution in [-0.2, 0) is 9.53 Å². The summed E-state index contributed by atoms with van der Waals surface area (Å²) in [5.41, 5.74) is 0.552. The molecule has 0 aromatic carbocycles. The Labute approximate surface area is 90.1 Å². The fraction of sp³-hybridized carbons (Fsp3) is 0.750. The van der Waals surface area contributed by atoms with E-state index in [1.54, 1.807) is 0 Å². The van der Waals surface area contributed by atoms with Crippen molar-refractivity contribution in [3.63, 3.8) is 0 Å². The van der Waals surface area contributed by atoms with Gasteiger partial charge in [0.1, 0.15) is 5.60 Å². The van der Waals surface area contributed by atoms with Gasteiger partial charge < -0.3 is 9.84 Å². The average molecular weight is 210 g/mol. The second kappa shape index (κ2) is 3.63. The van der Waals surface area contributed by atoms with Crippen molar-refractivity contribution in [1.29, 1.82) is 0 Å². The highest BCUT2D eigenvalue weighted by atomic mass is 16.6. The first-order valence-corrected chi connectivity index (χ1v) is 5.59. The van der Waals surface area contributed by atoms with Crippen LogP contribution in [0, 0.1) is 5.92 Å². The summed E-state index contributed by atoms with van der Waals surface area (Å²) >= 11 is 0. The Hall–Kier alpha value is -0.830. The zero-order valence-corrected chi connectivity index (χ0v) is 9.16. The smallest absolute Gasteiger partial charge is 0.306 e. The number of hydrogen-bond acceptors (Lipinski definition) is 3. The van der Waals surface area contributed by atoms with Crippen LogP contribution in [0.1, 0.15) is 39.0 Å². The predicted molar refractivity (Wildman–Crippen MR) is 56.2 cm³/mol. The van der Waals surface area contributed by atoms with Gasteiger partial charge in [0.15, 0.2) is 0 Å². The van der Waals surface area contributed by atoms with Crippen LogP contribution in [-0.4, -0.2) is 22.8 Å². The summed E-state index contributed by atoms with van der Waals surface area (Å²) in [5, 5.41) is 10.1. The van der Waals surface area contributed by atoms with Crippen molar-refractivity contribution in [1.82, 2.24) is 0 Å². The quantitative estimate of drug-likeness (QED) is 0.530. The minimum atomic E-state index is -0.566. The molecule has 3 atom stereocenters. The standard InChI is InChI=1S/C12H18O3/c1-8(2)9-3-5-12(10(13)7-9)6-4-11(14)15-12/h9-10,13H,1,3-7H2,2H3/t9-,10-,12+/m1/s1. The second-order valence-electron chi connectivity index (χ2n) is 4.87. The molecule has 1 N–H and O–H groups in total. The molecule has 1 aliphatic heterocycles. The summed E-state index contributed by atoms with van der Waals surface area (Å²) in [5.74, 6) is 0.216. The van der Waals surface area contributed by atoms with E-state index in [1.807, 2.05) is 6.92 Å². The number of carbonyl (C=O) groups is 1. The molecule has 3 nitrogen and oxygen atoms in total. The molecule has 0 unspecified atom stereocenters. The van der Waals surface area contributed by atoms with Crippen LogP contribution in [0.5, 0.6) is 0 Å². The summed E-state index contributed by atoms with van der Waals surface area (Å²) < 4.78 is 5.31. The Morgan fingerprint density at radius 3 is 2.80 bits per heavy atom. The van der Waals surface area contributed by atoms with E-state index in [0.717, 1.165) is 18.4 Å². The number of esters is 1. The SMILES string of the molecule is C=C(C)[C@@H]1CC[C@]2(CCC(=O)O2)[C@H](O)C1. The predicted octanol–water partition coefficient (Wildman–Crippen LogP) is 1.80. The molecule has 2 aliphatic rings. The van der Waals surface area contributed by atoms with E-state index in [2.05, 4.69) is 6.58 Å². The van der Waals surface area contributed by atoms with Gasteiger partial charge in [-0.25, -0.2) is 0 Å². The lowest BCUT2D eigenvalue weighted by atomic mass is 9.73. The molecule has 2 rings (SSSR count). The zero-order chi connectivity index (χ0) is 11.1. The molecule has 3 heteroatoms. The first-order chi connectivity index (χ1) is 7.03. The Kier molecular flexibility index (Phi) is 2.59. The third kappa shape index (κ3) is 1.81. The van der Waals surface area contributed by atoms with Gasteiger partial charge in [-0.2, -0.15) is 0 Å². The summed E-state index contributed by atoms with van der Waals surface area (Å²) in [6, 6.07) is 0. The number of allylic oxidation sites excluding steroid dienone is 1. The van der Waals surface area contributed by atoms with Crippen LogP contribution in [0.3, 0.4) is 0 Å². The minimum absolute atomic E-state index is 0.164. The second-order valence-corrected chi connectivity index (χ2v) is 4.87. The van der Waals surface area contributed by atoms with E-state index in [0.29, 0.717) is 25.2 Å². The van der Waals surface area contributed by atoms with E-state index >= 15 is 0 Å². The van der Waals surface area contributed by atoms with Crippen LogP contribution in [0.25, 0.3) is 0 Å². The fourth-order valence-corrected chi connectivity index (χ4v) is 2.69. The molecule has 2 fully saturated rings. The molecule has 0 aromatic rings. The Bertz CT molecular complexity index is 297. The number of ether oxygens (including phenoxy) is 1. The molecule has 1 spiro atoms. The van der Waals surface area contributed by atoms with Crippen molar-refractivity contribution >= 4 is 5.97 Å². The number of rotatable bonds is 1. The monoisotopic (exact) mass is 210 g/mol. The molecular formula is C12H18O3. The minimum Gasteiger partial charge on any atom is -0.456 e. The van der Waals surface area contributed by atoms with Crippen LogP contribution in [0.4, 0.5) is 0 Å². The van der Waals surface area contributed by atoms with E-state index in [9.17, 15) is 9.90 Å². The molecule has 0 radical (unpaired) electrons. The van der Waals surface area contributed by atoms with Gasteiger partial charge in [-0.15, -0.1) is 0 Å². The zero-order valence-electron chi connectivity index (χ0n) is 9.16. The Morgan fingerprint density at radius 1 is 1.60 bits per heavy atom. The number of aliphatic hydroxyl groups is 1. The Morgan fingerprint density at radius 2 is 2.33 bits per heavy atom. The van der Waals surface area contributed by atoms with Crippen molar-refractivity contribution < 1.29 is 14.6 Å². The van der Waals surface area contributed by atoms with Crippen LogP contribution < -0.4 is 0 Å². The molecule has 84 valence electrons. The van der Waals surface area contributed by atoms with E-state index in [4.69, 9.17) is 4.74 Å². The number of hydrogen-bond donors (Lipinski definition) is 1. The molecule has 0 amide bonds. The van der Waals surface area contributed by atoms with Crippen molar-refractivity contribution in [2.75, 3.05) is 0 Å². The largest absolute Gasteiger partial charge is 0.456 e. The molecule has 0 bridgehead atoms. The van der Waals surface area contributed by atoms with Crippen molar-refractivity contribution in [3.05, 3.63) is 12.2 Å². The first kappa shape index (κ1) is 10.7. The maximum Gasteiger partial charge on any atom is 0.306 e. The molecular weight excluding hydrogens is 192 g/mol. The highest BCUT2D eigenvalue weighted by molar-refractivity contribution is 5.72. The normalized spacial score (nSPS) is 40.5. The third-order valence-corrected chi connectivity index (χ3v) is 3.80. The van der Waals surface area contributed by atoms with Gasteiger partial charge in [0.05, 0.1) is 6.10 Å². The van der Waals surface area contributed by atoms with E-state index in [-0.39, 0.29) is 5.97 Å². The molecule has 1 aliphatic carbocycles. The number of carbonyl (C=O) groups excluding carboxylic acids is 1. The van der Waals surface area contributed by atoms with E-state index in [1.165, 1.54) is 0 Å². The Balaban J connectivity index is 2.07. The average Bonchev–Trinajstić information content (AvgIpc) is 2.54. The van der Waals surface area contributed by atoms with Crippen molar-refractivity contribution in [2.24, 2.45) is 5.92 Å². The fourth-order valence-electron chi connectivity index (χ4n) is 2.69. The van der Waals surface area contributed by atoms with Gasteiger partial charge in [0.25, 0.3) is 0 Å². The summed E-state index contributed by atoms with van der Waals surface area (Å²) in [7, 11) is 0. The highest BCUT2D eigenvalue weighted by Gasteiger charge is 2.49. The van der Waals surface area contributed by atoms with Gasteiger partial charge in [-0.3, -0.25) is 4.79 Å². The molecule has 1 heterocycles. The van der Waals surface area contributed by atoms with Gasteiger partial charge in [-0.1, -0.05) is 12.2 Å². The third-order valence-electron chi connectivity index (χ3n) is 3.80. The maximum atomic E-state index is 11.1. The highest BCUT2D eigenvalue weighted by Crippen LogP contribution is 2.43. The summed E-state index contributed by atoms with van der Waals surface area (Å²) in [6.07, 6.45) is 3.05. The molecule has 1 saturated carbocycles. The lowest BCUT2D eigenvalue weighted by Gasteiger charge is -2.40. The topological polar surface area (TPSA) is 46.5 Å². The van der Waals surface area contributed by atoms with Crippen LogP contribution in [0.2, 0.25) is 0 Å². The summed E-state index contributed by atoms with van der Waals surface area (Å²) in [4.78, 5) is 11.1. The van der Waals surface area contributed by atoms with Gasteiger partial charge >= 0.3 is 5.97 Å². The molecule has 0 aromatic heterocycles. The number of aliphatic hydroxyl groups excluding tert-OH is 1. The maximum absolute atomic E-state index is 11.1. The first-order valence-electron chi connectivity index (χ1n) is 5.59. The van der Waals surface area contributed by atoms with Crippen molar-refractivity contribution in [3.8, 4) is 0 Å². The van der Waals surface area contributed by atoms with E-state index < -0.39 is 11.7 Å².